The standard InChI is InChI=1S/C14H12N2O2.C2H6/c1-7-3-4-10(14(17)18)12-11(7)5-9-6-15-8(2)16-13(9)12;1-2/h3-4,6H,5H2,1-2H3,(H,17,18);1-2H3. The molecule has 0 saturated carbocycles. The third-order valence-electron chi connectivity index (χ3n) is 3.37. The summed E-state index contributed by atoms with van der Waals surface area (Å²) < 4.78 is 0. The molecule has 0 amide bonds. The number of aromatic nitrogens is 2. The Labute approximate surface area is 118 Å². The van der Waals surface area contributed by atoms with Crippen molar-refractivity contribution in [2.75, 3.05) is 0 Å². The molecule has 0 bridgehead atoms. The van der Waals surface area contributed by atoms with Crippen molar-refractivity contribution in [1.29, 1.82) is 0 Å². The van der Waals surface area contributed by atoms with Gasteiger partial charge in [-0.1, -0.05) is 19.9 Å². The molecule has 1 aliphatic carbocycles. The smallest absolute Gasteiger partial charge is 0.336 e. The number of carboxylic acids is 1. The fourth-order valence-corrected chi connectivity index (χ4v) is 2.46. The Morgan fingerprint density at radius 1 is 1.25 bits per heavy atom. The van der Waals surface area contributed by atoms with Gasteiger partial charge >= 0.3 is 5.97 Å². The van der Waals surface area contributed by atoms with Crippen LogP contribution in [0.1, 0.15) is 46.7 Å². The van der Waals surface area contributed by atoms with Gasteiger partial charge in [0.15, 0.2) is 0 Å². The predicted octanol–water partition coefficient (Wildman–Crippen LogP) is 3.39. The zero-order valence-corrected chi connectivity index (χ0v) is 12.2. The molecule has 20 heavy (non-hydrogen) atoms. The highest BCUT2D eigenvalue weighted by atomic mass is 16.4. The second-order valence-corrected chi connectivity index (χ2v) is 4.56. The molecule has 0 saturated heterocycles. The minimum Gasteiger partial charge on any atom is -0.478 e. The molecule has 0 aliphatic heterocycles. The van der Waals surface area contributed by atoms with Gasteiger partial charge in [-0.25, -0.2) is 14.8 Å². The average molecular weight is 270 g/mol. The summed E-state index contributed by atoms with van der Waals surface area (Å²) in [5.74, 6) is -0.241. The summed E-state index contributed by atoms with van der Waals surface area (Å²) in [5.41, 5.74) is 5.04. The van der Waals surface area contributed by atoms with Crippen molar-refractivity contribution < 1.29 is 9.90 Å². The summed E-state index contributed by atoms with van der Waals surface area (Å²) in [5, 5.41) is 9.29. The normalized spacial score (nSPS) is 11.2. The van der Waals surface area contributed by atoms with Gasteiger partial charge in [-0.3, -0.25) is 0 Å². The third kappa shape index (κ3) is 2.18. The topological polar surface area (TPSA) is 63.1 Å². The van der Waals surface area contributed by atoms with Gasteiger partial charge in [-0.2, -0.15) is 0 Å². The number of aryl methyl sites for hydroxylation is 2. The summed E-state index contributed by atoms with van der Waals surface area (Å²) >= 11 is 0. The van der Waals surface area contributed by atoms with Crippen molar-refractivity contribution in [3.8, 4) is 11.3 Å². The minimum atomic E-state index is -0.907. The third-order valence-corrected chi connectivity index (χ3v) is 3.37. The van der Waals surface area contributed by atoms with Crippen LogP contribution in [0, 0.1) is 13.8 Å². The van der Waals surface area contributed by atoms with Crippen molar-refractivity contribution in [3.63, 3.8) is 0 Å². The van der Waals surface area contributed by atoms with E-state index in [2.05, 4.69) is 9.97 Å². The van der Waals surface area contributed by atoms with E-state index in [1.165, 1.54) is 0 Å². The van der Waals surface area contributed by atoms with E-state index in [-0.39, 0.29) is 0 Å². The maximum absolute atomic E-state index is 11.3. The van der Waals surface area contributed by atoms with Crippen LogP contribution in [-0.4, -0.2) is 21.0 Å². The van der Waals surface area contributed by atoms with E-state index in [4.69, 9.17) is 0 Å². The molecule has 0 unspecified atom stereocenters. The van der Waals surface area contributed by atoms with E-state index in [1.54, 1.807) is 12.3 Å². The zero-order chi connectivity index (χ0) is 14.9. The number of rotatable bonds is 1. The molecule has 3 rings (SSSR count). The molecule has 1 aliphatic rings. The molecule has 0 fully saturated rings. The first-order valence-electron chi connectivity index (χ1n) is 6.76. The fraction of sp³-hybridized carbons (Fsp3) is 0.312. The number of aromatic carboxylic acids is 1. The van der Waals surface area contributed by atoms with Crippen molar-refractivity contribution in [3.05, 3.63) is 46.4 Å². The van der Waals surface area contributed by atoms with E-state index in [1.807, 2.05) is 33.8 Å². The molecule has 4 nitrogen and oxygen atoms in total. The molecule has 4 heteroatoms. The molecule has 1 aromatic carbocycles. The Morgan fingerprint density at radius 3 is 2.60 bits per heavy atom. The van der Waals surface area contributed by atoms with E-state index in [0.717, 1.165) is 34.4 Å². The molecule has 0 atom stereocenters. The molecule has 0 spiro atoms. The number of hydrogen-bond acceptors (Lipinski definition) is 3. The Bertz CT molecular complexity index is 678. The lowest BCUT2D eigenvalue weighted by Crippen LogP contribution is -2.02. The first-order chi connectivity index (χ1) is 9.58. The second-order valence-electron chi connectivity index (χ2n) is 4.56. The van der Waals surface area contributed by atoms with Gasteiger partial charge in [0.25, 0.3) is 0 Å². The van der Waals surface area contributed by atoms with E-state index in [9.17, 15) is 9.90 Å². The largest absolute Gasteiger partial charge is 0.478 e. The molecule has 104 valence electrons. The van der Waals surface area contributed by atoms with Crippen LogP contribution >= 0.6 is 0 Å². The number of carboxylic acid groups (broad SMARTS) is 1. The van der Waals surface area contributed by atoms with Crippen molar-refractivity contribution in [1.82, 2.24) is 9.97 Å². The highest BCUT2D eigenvalue weighted by molar-refractivity contribution is 5.98. The lowest BCUT2D eigenvalue weighted by atomic mass is 9.98. The maximum atomic E-state index is 11.3. The van der Waals surface area contributed by atoms with Crippen molar-refractivity contribution in [2.24, 2.45) is 0 Å². The number of benzene rings is 1. The zero-order valence-electron chi connectivity index (χ0n) is 12.2. The first kappa shape index (κ1) is 14.2. The fourth-order valence-electron chi connectivity index (χ4n) is 2.46. The van der Waals surface area contributed by atoms with E-state index in [0.29, 0.717) is 11.4 Å². The Morgan fingerprint density at radius 2 is 1.95 bits per heavy atom. The Balaban J connectivity index is 0.000000704. The SMILES string of the molecule is CC.Cc1ncc2c(n1)-c1c(C(=O)O)ccc(C)c1C2. The van der Waals surface area contributed by atoms with Gasteiger partial charge in [0.1, 0.15) is 5.82 Å². The van der Waals surface area contributed by atoms with Crippen molar-refractivity contribution in [2.45, 2.75) is 34.1 Å². The maximum Gasteiger partial charge on any atom is 0.336 e. The van der Waals surface area contributed by atoms with Gasteiger partial charge in [-0.15, -0.1) is 0 Å². The van der Waals surface area contributed by atoms with Crippen LogP contribution < -0.4 is 0 Å². The van der Waals surface area contributed by atoms with Crippen LogP contribution in [0.2, 0.25) is 0 Å². The molecular weight excluding hydrogens is 252 g/mol. The molecule has 0 radical (unpaired) electrons. The van der Waals surface area contributed by atoms with E-state index >= 15 is 0 Å². The average Bonchev–Trinajstić information content (AvgIpc) is 2.81. The van der Waals surface area contributed by atoms with Crippen LogP contribution in [-0.2, 0) is 6.42 Å². The summed E-state index contributed by atoms with van der Waals surface area (Å²) in [4.78, 5) is 19.9. The second kappa shape index (κ2) is 5.41. The monoisotopic (exact) mass is 270 g/mol. The molecular formula is C16H18N2O2. The molecule has 1 aromatic heterocycles. The number of hydrogen-bond donors (Lipinski definition) is 1. The van der Waals surface area contributed by atoms with Crippen LogP contribution in [0.3, 0.4) is 0 Å². The van der Waals surface area contributed by atoms with Gasteiger partial charge in [0.2, 0.25) is 0 Å². The quantitative estimate of drug-likeness (QED) is 0.736. The summed E-state index contributed by atoms with van der Waals surface area (Å²) in [6.45, 7) is 7.81. The Kier molecular flexibility index (Phi) is 3.84. The lowest BCUT2D eigenvalue weighted by Gasteiger charge is -2.07. The highest BCUT2D eigenvalue weighted by Gasteiger charge is 2.27. The molecule has 2 aromatic rings. The van der Waals surface area contributed by atoms with Crippen LogP contribution in [0.25, 0.3) is 11.3 Å². The lowest BCUT2D eigenvalue weighted by molar-refractivity contribution is 0.0697. The van der Waals surface area contributed by atoms with Gasteiger partial charge in [-0.05, 0) is 31.0 Å². The van der Waals surface area contributed by atoms with Crippen LogP contribution in [0.5, 0.6) is 0 Å². The number of fused-ring (bicyclic) bond motifs is 3. The molecule has 1 heterocycles. The summed E-state index contributed by atoms with van der Waals surface area (Å²) in [7, 11) is 0. The van der Waals surface area contributed by atoms with E-state index < -0.39 is 5.97 Å². The predicted molar refractivity (Wildman–Crippen MR) is 78.1 cm³/mol. The highest BCUT2D eigenvalue weighted by Crippen LogP contribution is 2.39. The van der Waals surface area contributed by atoms with Crippen LogP contribution in [0.15, 0.2) is 18.3 Å². The van der Waals surface area contributed by atoms with Gasteiger partial charge in [0.05, 0.1) is 11.3 Å². The van der Waals surface area contributed by atoms with Gasteiger partial charge in [0, 0.05) is 23.7 Å². The first-order valence-corrected chi connectivity index (χ1v) is 6.76. The number of nitrogens with zero attached hydrogens (tertiary/aromatic N) is 2. The van der Waals surface area contributed by atoms with Crippen LogP contribution in [0.4, 0.5) is 0 Å². The Hall–Kier alpha value is -2.23. The summed E-state index contributed by atoms with van der Waals surface area (Å²) in [6.07, 6.45) is 2.51. The minimum absolute atomic E-state index is 0.326. The van der Waals surface area contributed by atoms with Gasteiger partial charge < -0.3 is 5.11 Å². The number of carbonyl (C=O) groups is 1. The summed E-state index contributed by atoms with van der Waals surface area (Å²) in [6, 6.07) is 3.51. The van der Waals surface area contributed by atoms with Crippen molar-refractivity contribution >= 4 is 5.97 Å². The molecule has 1 N–H and O–H groups in total.